The molecule has 2 N–H and O–H groups in total. The molecule has 0 saturated heterocycles. The van der Waals surface area contributed by atoms with E-state index < -0.39 is 0 Å². The molecular weight excluding hydrogens is 228 g/mol. The molecule has 1 rings (SSSR count). The first-order valence-electron chi connectivity index (χ1n) is 6.17. The van der Waals surface area contributed by atoms with Crippen LogP contribution in [0, 0.1) is 5.92 Å². The summed E-state index contributed by atoms with van der Waals surface area (Å²) in [7, 11) is 0. The fraction of sp³-hybridized carbons (Fsp3) is 0.429. The summed E-state index contributed by atoms with van der Waals surface area (Å²) in [6.45, 7) is 5.95. The van der Waals surface area contributed by atoms with Crippen molar-refractivity contribution in [2.45, 2.75) is 33.6 Å². The quantitative estimate of drug-likeness (QED) is 0.621. The van der Waals surface area contributed by atoms with E-state index in [1.807, 2.05) is 20.8 Å². The zero-order chi connectivity index (χ0) is 13.5. The van der Waals surface area contributed by atoms with E-state index in [4.69, 9.17) is 0 Å². The largest absolute Gasteiger partial charge is 0.508 e. The van der Waals surface area contributed by atoms with Crippen molar-refractivity contribution in [2.24, 2.45) is 11.0 Å². The molecule has 4 nitrogen and oxygen atoms in total. The molecular formula is C14H20N2O2. The molecule has 0 aliphatic rings. The SMILES string of the molecule is CC/C(=N/NC(=O)CC(C)C)c1ccc(O)cc1. The summed E-state index contributed by atoms with van der Waals surface area (Å²) >= 11 is 0. The van der Waals surface area contributed by atoms with Gasteiger partial charge in [0.15, 0.2) is 0 Å². The molecule has 1 amide bonds. The first-order chi connectivity index (χ1) is 8.52. The fourth-order valence-electron chi connectivity index (χ4n) is 1.55. The number of nitrogens with zero attached hydrogens (tertiary/aromatic N) is 1. The van der Waals surface area contributed by atoms with Gasteiger partial charge in [0, 0.05) is 6.42 Å². The van der Waals surface area contributed by atoms with E-state index in [-0.39, 0.29) is 11.7 Å². The minimum absolute atomic E-state index is 0.0743. The highest BCUT2D eigenvalue weighted by Crippen LogP contribution is 2.11. The molecule has 18 heavy (non-hydrogen) atoms. The summed E-state index contributed by atoms with van der Waals surface area (Å²) in [5.41, 5.74) is 4.27. The summed E-state index contributed by atoms with van der Waals surface area (Å²) in [4.78, 5) is 11.5. The number of amides is 1. The van der Waals surface area contributed by atoms with E-state index in [9.17, 15) is 9.90 Å². The molecule has 0 unspecified atom stereocenters. The number of phenolic OH excluding ortho intramolecular Hbond substituents is 1. The van der Waals surface area contributed by atoms with Crippen molar-refractivity contribution in [3.05, 3.63) is 29.8 Å². The number of carbonyl (C=O) groups is 1. The van der Waals surface area contributed by atoms with Gasteiger partial charge in [0.25, 0.3) is 0 Å². The summed E-state index contributed by atoms with van der Waals surface area (Å²) in [6.07, 6.45) is 1.18. The maximum Gasteiger partial charge on any atom is 0.240 e. The Morgan fingerprint density at radius 3 is 2.44 bits per heavy atom. The predicted octanol–water partition coefficient (Wildman–Crippen LogP) is 2.67. The Morgan fingerprint density at radius 1 is 1.33 bits per heavy atom. The smallest absolute Gasteiger partial charge is 0.240 e. The maximum atomic E-state index is 11.5. The maximum absolute atomic E-state index is 11.5. The summed E-state index contributed by atoms with van der Waals surface area (Å²) in [5, 5.41) is 13.3. The molecule has 0 aromatic heterocycles. The third kappa shape index (κ3) is 4.57. The second kappa shape index (κ2) is 6.79. The van der Waals surface area contributed by atoms with Crippen LogP contribution in [0.5, 0.6) is 5.75 Å². The van der Waals surface area contributed by atoms with Gasteiger partial charge in [-0.15, -0.1) is 0 Å². The number of phenols is 1. The summed E-state index contributed by atoms with van der Waals surface area (Å²) in [6, 6.07) is 6.78. The average Bonchev–Trinajstić information content (AvgIpc) is 2.31. The van der Waals surface area contributed by atoms with Gasteiger partial charge in [-0.3, -0.25) is 4.79 Å². The van der Waals surface area contributed by atoms with Gasteiger partial charge in [0.05, 0.1) is 5.71 Å². The van der Waals surface area contributed by atoms with Gasteiger partial charge in [-0.05, 0) is 42.2 Å². The Balaban J connectivity index is 2.71. The minimum atomic E-state index is -0.0743. The van der Waals surface area contributed by atoms with Crippen molar-refractivity contribution in [3.63, 3.8) is 0 Å². The van der Waals surface area contributed by atoms with Crippen molar-refractivity contribution >= 4 is 11.6 Å². The van der Waals surface area contributed by atoms with E-state index >= 15 is 0 Å². The Hall–Kier alpha value is -1.84. The lowest BCUT2D eigenvalue weighted by Crippen LogP contribution is -2.21. The van der Waals surface area contributed by atoms with Gasteiger partial charge in [-0.2, -0.15) is 5.10 Å². The lowest BCUT2D eigenvalue weighted by molar-refractivity contribution is -0.121. The van der Waals surface area contributed by atoms with Crippen LogP contribution >= 0.6 is 0 Å². The zero-order valence-corrected chi connectivity index (χ0v) is 11.1. The number of carbonyl (C=O) groups excluding carboxylic acids is 1. The van der Waals surface area contributed by atoms with Crippen LogP contribution in [0.2, 0.25) is 0 Å². The number of benzene rings is 1. The van der Waals surface area contributed by atoms with Crippen molar-refractivity contribution in [1.82, 2.24) is 5.43 Å². The van der Waals surface area contributed by atoms with E-state index in [2.05, 4.69) is 10.5 Å². The van der Waals surface area contributed by atoms with Gasteiger partial charge < -0.3 is 5.11 Å². The number of nitrogens with one attached hydrogen (secondary N) is 1. The lowest BCUT2D eigenvalue weighted by Gasteiger charge is -2.06. The summed E-state index contributed by atoms with van der Waals surface area (Å²) < 4.78 is 0. The highest BCUT2D eigenvalue weighted by Gasteiger charge is 2.05. The Kier molecular flexibility index (Phi) is 5.36. The van der Waals surface area contributed by atoms with Gasteiger partial charge >= 0.3 is 0 Å². The van der Waals surface area contributed by atoms with Crippen molar-refractivity contribution < 1.29 is 9.90 Å². The topological polar surface area (TPSA) is 61.7 Å². The average molecular weight is 248 g/mol. The minimum Gasteiger partial charge on any atom is -0.508 e. The van der Waals surface area contributed by atoms with Crippen molar-refractivity contribution in [3.8, 4) is 5.75 Å². The van der Waals surface area contributed by atoms with Crippen LogP contribution < -0.4 is 5.43 Å². The van der Waals surface area contributed by atoms with Crippen LogP contribution in [0.15, 0.2) is 29.4 Å². The van der Waals surface area contributed by atoms with Gasteiger partial charge in [0.1, 0.15) is 5.75 Å². The molecule has 0 aliphatic carbocycles. The van der Waals surface area contributed by atoms with Crippen LogP contribution in [-0.4, -0.2) is 16.7 Å². The van der Waals surface area contributed by atoms with Crippen LogP contribution in [0.1, 0.15) is 39.2 Å². The molecule has 0 spiro atoms. The van der Waals surface area contributed by atoms with E-state index in [1.54, 1.807) is 24.3 Å². The molecule has 4 heteroatoms. The normalized spacial score (nSPS) is 11.7. The third-order valence-electron chi connectivity index (χ3n) is 2.44. The van der Waals surface area contributed by atoms with E-state index in [0.29, 0.717) is 18.8 Å². The molecule has 0 fully saturated rings. The molecule has 0 heterocycles. The van der Waals surface area contributed by atoms with Gasteiger partial charge in [0.2, 0.25) is 5.91 Å². The van der Waals surface area contributed by atoms with Gasteiger partial charge in [-0.1, -0.05) is 20.8 Å². The number of hydrogen-bond acceptors (Lipinski definition) is 3. The molecule has 0 atom stereocenters. The Labute approximate surface area is 108 Å². The Bertz CT molecular complexity index is 422. The second-order valence-electron chi connectivity index (χ2n) is 4.59. The zero-order valence-electron chi connectivity index (χ0n) is 11.1. The predicted molar refractivity (Wildman–Crippen MR) is 72.5 cm³/mol. The molecule has 1 aromatic carbocycles. The van der Waals surface area contributed by atoms with E-state index in [1.165, 1.54) is 0 Å². The van der Waals surface area contributed by atoms with Gasteiger partial charge in [-0.25, -0.2) is 5.43 Å². The molecule has 0 radical (unpaired) electrons. The molecule has 0 aliphatic heterocycles. The lowest BCUT2D eigenvalue weighted by atomic mass is 10.1. The van der Waals surface area contributed by atoms with E-state index in [0.717, 1.165) is 11.3 Å². The number of hydrazone groups is 1. The van der Waals surface area contributed by atoms with Crippen LogP contribution in [0.4, 0.5) is 0 Å². The molecule has 0 bridgehead atoms. The highest BCUT2D eigenvalue weighted by molar-refractivity contribution is 6.00. The number of rotatable bonds is 5. The highest BCUT2D eigenvalue weighted by atomic mass is 16.3. The molecule has 98 valence electrons. The first-order valence-corrected chi connectivity index (χ1v) is 6.17. The Morgan fingerprint density at radius 2 is 1.94 bits per heavy atom. The van der Waals surface area contributed by atoms with Crippen molar-refractivity contribution in [1.29, 1.82) is 0 Å². The molecule has 0 saturated carbocycles. The first kappa shape index (κ1) is 14.2. The molecule has 1 aromatic rings. The monoisotopic (exact) mass is 248 g/mol. The number of aromatic hydroxyl groups is 1. The van der Waals surface area contributed by atoms with Crippen molar-refractivity contribution in [2.75, 3.05) is 0 Å². The standard InChI is InChI=1S/C14H20N2O2/c1-4-13(11-5-7-12(17)8-6-11)15-16-14(18)9-10(2)3/h5-8,10,17H,4,9H2,1-3H3,(H,16,18)/b15-13-. The van der Waals surface area contributed by atoms with Crippen LogP contribution in [0.3, 0.4) is 0 Å². The fourth-order valence-corrected chi connectivity index (χ4v) is 1.55. The number of hydrogen-bond donors (Lipinski definition) is 2. The third-order valence-corrected chi connectivity index (χ3v) is 2.44. The second-order valence-corrected chi connectivity index (χ2v) is 4.59. The summed E-state index contributed by atoms with van der Waals surface area (Å²) in [5.74, 6) is 0.465. The van der Waals surface area contributed by atoms with Crippen LogP contribution in [-0.2, 0) is 4.79 Å². The van der Waals surface area contributed by atoms with Crippen LogP contribution in [0.25, 0.3) is 0 Å².